The molecule has 0 spiro atoms. The molecule has 12 heavy (non-hydrogen) atoms. The topological polar surface area (TPSA) is 43.1 Å². The lowest BCUT2D eigenvalue weighted by Gasteiger charge is -2.09. The van der Waals surface area contributed by atoms with Gasteiger partial charge in [0.05, 0.1) is 0 Å². The first-order chi connectivity index (χ1) is 5.70. The summed E-state index contributed by atoms with van der Waals surface area (Å²) in [6.45, 7) is 2.15. The van der Waals surface area contributed by atoms with Crippen LogP contribution >= 0.6 is 22.5 Å². The highest BCUT2D eigenvalue weighted by molar-refractivity contribution is 8.68. The van der Waals surface area contributed by atoms with E-state index in [0.29, 0.717) is 11.7 Å². The average molecular weight is 207 g/mol. The number of hydrogen-bond donors (Lipinski definition) is 2. The fourth-order valence-corrected chi connectivity index (χ4v) is 2.19. The van der Waals surface area contributed by atoms with Crippen molar-refractivity contribution in [3.05, 3.63) is 0 Å². The lowest BCUT2D eigenvalue weighted by molar-refractivity contribution is -0.118. The summed E-state index contributed by atoms with van der Waals surface area (Å²) in [6.07, 6.45) is 4.80. The molecule has 0 rings (SSSR count). The minimum Gasteiger partial charge on any atom is -0.370 e. The summed E-state index contributed by atoms with van der Waals surface area (Å²) in [4.78, 5) is 10.4. The van der Waals surface area contributed by atoms with Crippen LogP contribution in [0.3, 0.4) is 0 Å². The summed E-state index contributed by atoms with van der Waals surface area (Å²) < 4.78 is 0. The minimum atomic E-state index is -0.193. The van der Waals surface area contributed by atoms with Crippen LogP contribution in [-0.2, 0) is 4.79 Å². The van der Waals surface area contributed by atoms with Crippen molar-refractivity contribution in [1.82, 2.24) is 0 Å². The second-order valence-electron chi connectivity index (χ2n) is 2.85. The Bertz CT molecular complexity index is 126. The van der Waals surface area contributed by atoms with Gasteiger partial charge in [0, 0.05) is 11.7 Å². The Morgan fingerprint density at radius 3 is 2.67 bits per heavy atom. The molecule has 1 amide bonds. The molecule has 0 aliphatic heterocycles. The molecule has 0 aromatic heterocycles. The number of amides is 1. The first-order valence-electron chi connectivity index (χ1n) is 4.29. The molecule has 0 aliphatic rings. The van der Waals surface area contributed by atoms with Crippen LogP contribution in [0.1, 0.15) is 39.0 Å². The molecule has 0 aliphatic carbocycles. The van der Waals surface area contributed by atoms with E-state index in [9.17, 15) is 4.79 Å². The molecule has 0 bridgehead atoms. The smallest absolute Gasteiger partial charge is 0.217 e. The number of carbonyl (C=O) groups excluding carboxylic acids is 1. The zero-order valence-electron chi connectivity index (χ0n) is 7.45. The summed E-state index contributed by atoms with van der Waals surface area (Å²) in [5, 5.41) is 0.626. The van der Waals surface area contributed by atoms with E-state index in [4.69, 9.17) is 5.73 Å². The van der Waals surface area contributed by atoms with Crippen molar-refractivity contribution in [2.75, 3.05) is 0 Å². The van der Waals surface area contributed by atoms with Crippen LogP contribution in [0, 0.1) is 0 Å². The van der Waals surface area contributed by atoms with Gasteiger partial charge >= 0.3 is 0 Å². The molecule has 0 aromatic rings. The van der Waals surface area contributed by atoms with Crippen molar-refractivity contribution in [2.24, 2.45) is 5.73 Å². The van der Waals surface area contributed by atoms with E-state index in [1.807, 2.05) is 0 Å². The molecular weight excluding hydrogens is 190 g/mol. The monoisotopic (exact) mass is 207 g/mol. The largest absolute Gasteiger partial charge is 0.370 e. The molecule has 0 aromatic carbocycles. The van der Waals surface area contributed by atoms with Gasteiger partial charge in [-0.1, -0.05) is 24.1 Å². The molecule has 72 valence electrons. The molecule has 1 unspecified atom stereocenters. The maximum Gasteiger partial charge on any atom is 0.217 e. The summed E-state index contributed by atoms with van der Waals surface area (Å²) in [5.41, 5.74) is 5.02. The number of hydrogen-bond acceptors (Lipinski definition) is 3. The SMILES string of the molecule is CCC(CCCCC(N)=O)SS. The molecule has 0 heterocycles. The van der Waals surface area contributed by atoms with E-state index in [1.165, 1.54) is 0 Å². The summed E-state index contributed by atoms with van der Waals surface area (Å²) >= 11 is 4.16. The number of primary amides is 1. The zero-order chi connectivity index (χ0) is 9.40. The second kappa shape index (κ2) is 7.80. The van der Waals surface area contributed by atoms with Crippen LogP contribution in [-0.4, -0.2) is 11.2 Å². The Morgan fingerprint density at radius 1 is 1.58 bits per heavy atom. The van der Waals surface area contributed by atoms with Crippen LogP contribution in [0.25, 0.3) is 0 Å². The van der Waals surface area contributed by atoms with Crippen molar-refractivity contribution in [3.8, 4) is 0 Å². The number of rotatable bonds is 7. The van der Waals surface area contributed by atoms with Gasteiger partial charge in [0.25, 0.3) is 0 Å². The van der Waals surface area contributed by atoms with E-state index >= 15 is 0 Å². The third kappa shape index (κ3) is 6.85. The maximum atomic E-state index is 10.4. The summed E-state index contributed by atoms with van der Waals surface area (Å²) in [5.74, 6) is -0.193. The van der Waals surface area contributed by atoms with Gasteiger partial charge in [-0.3, -0.25) is 4.79 Å². The average Bonchev–Trinajstić information content (AvgIpc) is 2.04. The normalized spacial score (nSPS) is 12.8. The predicted molar refractivity (Wildman–Crippen MR) is 58.3 cm³/mol. The van der Waals surface area contributed by atoms with E-state index in [-0.39, 0.29) is 5.91 Å². The van der Waals surface area contributed by atoms with Gasteiger partial charge < -0.3 is 5.73 Å². The van der Waals surface area contributed by atoms with Gasteiger partial charge in [0.15, 0.2) is 0 Å². The number of carbonyl (C=O) groups is 1. The molecule has 2 N–H and O–H groups in total. The standard InChI is InChI=1S/C8H17NOS2/c1-2-7(12-11)5-3-4-6-8(9)10/h7,11H,2-6H2,1H3,(H2,9,10). The Hall–Kier alpha value is 0.170. The molecule has 0 radical (unpaired) electrons. The van der Waals surface area contributed by atoms with Gasteiger partial charge in [0.1, 0.15) is 0 Å². The van der Waals surface area contributed by atoms with Crippen LogP contribution in [0.5, 0.6) is 0 Å². The lowest BCUT2D eigenvalue weighted by Crippen LogP contribution is -2.10. The van der Waals surface area contributed by atoms with Gasteiger partial charge in [-0.05, 0) is 19.3 Å². The zero-order valence-corrected chi connectivity index (χ0v) is 9.16. The Labute approximate surface area is 83.5 Å². The van der Waals surface area contributed by atoms with Gasteiger partial charge in [-0.2, -0.15) is 0 Å². The molecule has 4 heteroatoms. The Kier molecular flexibility index (Phi) is 7.91. The molecule has 2 nitrogen and oxygen atoms in total. The van der Waals surface area contributed by atoms with Gasteiger partial charge in [-0.25, -0.2) is 0 Å². The number of nitrogens with two attached hydrogens (primary N) is 1. The quantitative estimate of drug-likeness (QED) is 0.382. The van der Waals surface area contributed by atoms with Crippen molar-refractivity contribution in [3.63, 3.8) is 0 Å². The third-order valence-electron chi connectivity index (χ3n) is 1.80. The number of unbranched alkanes of at least 4 members (excludes halogenated alkanes) is 1. The third-order valence-corrected chi connectivity index (χ3v) is 3.57. The van der Waals surface area contributed by atoms with Crippen LogP contribution in [0.4, 0.5) is 0 Å². The summed E-state index contributed by atoms with van der Waals surface area (Å²) in [6, 6.07) is 0. The number of thiol groups is 1. The van der Waals surface area contributed by atoms with Crippen molar-refractivity contribution < 1.29 is 4.79 Å². The fourth-order valence-electron chi connectivity index (χ4n) is 1.00. The molecular formula is C8H17NOS2. The highest BCUT2D eigenvalue weighted by Crippen LogP contribution is 2.23. The van der Waals surface area contributed by atoms with E-state index in [0.717, 1.165) is 25.7 Å². The highest BCUT2D eigenvalue weighted by Gasteiger charge is 2.04. The predicted octanol–water partition coefficient (Wildman–Crippen LogP) is 2.39. The summed E-state index contributed by atoms with van der Waals surface area (Å²) in [7, 11) is 1.61. The van der Waals surface area contributed by atoms with Crippen LogP contribution in [0.2, 0.25) is 0 Å². The van der Waals surface area contributed by atoms with Crippen molar-refractivity contribution in [2.45, 2.75) is 44.3 Å². The van der Waals surface area contributed by atoms with Crippen molar-refractivity contribution in [1.29, 1.82) is 0 Å². The molecule has 0 saturated heterocycles. The van der Waals surface area contributed by atoms with E-state index in [1.54, 1.807) is 10.8 Å². The second-order valence-corrected chi connectivity index (χ2v) is 4.36. The molecule has 0 fully saturated rings. The highest BCUT2D eigenvalue weighted by atomic mass is 33.1. The van der Waals surface area contributed by atoms with Gasteiger partial charge in [-0.15, -0.1) is 11.7 Å². The first kappa shape index (κ1) is 12.2. The lowest BCUT2D eigenvalue weighted by atomic mass is 10.1. The maximum absolute atomic E-state index is 10.4. The molecule has 1 atom stereocenters. The van der Waals surface area contributed by atoms with Crippen LogP contribution < -0.4 is 5.73 Å². The van der Waals surface area contributed by atoms with E-state index in [2.05, 4.69) is 18.6 Å². The van der Waals surface area contributed by atoms with Gasteiger partial charge in [0.2, 0.25) is 5.91 Å². The molecule has 0 saturated carbocycles. The Balaban J connectivity index is 3.23. The van der Waals surface area contributed by atoms with Crippen molar-refractivity contribution >= 4 is 28.4 Å². The van der Waals surface area contributed by atoms with Crippen LogP contribution in [0.15, 0.2) is 0 Å². The first-order valence-corrected chi connectivity index (χ1v) is 6.22. The fraction of sp³-hybridized carbons (Fsp3) is 0.875. The Morgan fingerprint density at radius 2 is 2.25 bits per heavy atom. The van der Waals surface area contributed by atoms with E-state index < -0.39 is 0 Å². The minimum absolute atomic E-state index is 0.193.